The molecular formula is C21H26FN3O3. The Morgan fingerprint density at radius 2 is 2.14 bits per heavy atom. The van der Waals surface area contributed by atoms with Crippen LogP contribution in [0.15, 0.2) is 36.5 Å². The molecule has 2 heterocycles. The third kappa shape index (κ3) is 4.52. The second-order valence-corrected chi connectivity index (χ2v) is 7.02. The van der Waals surface area contributed by atoms with Gasteiger partial charge in [-0.1, -0.05) is 19.1 Å². The lowest BCUT2D eigenvalue weighted by molar-refractivity contribution is -0.138. The first-order chi connectivity index (χ1) is 13.5. The van der Waals surface area contributed by atoms with Gasteiger partial charge in [0.15, 0.2) is 11.6 Å². The molecule has 0 aliphatic carbocycles. The fourth-order valence-electron chi connectivity index (χ4n) is 3.26. The number of nitrogens with zero attached hydrogens (tertiary/aromatic N) is 2. The molecule has 2 aromatic rings. The number of rotatable bonds is 8. The molecule has 150 valence electrons. The van der Waals surface area contributed by atoms with Crippen LogP contribution in [0.4, 0.5) is 15.9 Å². The number of benzene rings is 1. The van der Waals surface area contributed by atoms with Crippen molar-refractivity contribution < 1.29 is 19.0 Å². The lowest BCUT2D eigenvalue weighted by Crippen LogP contribution is -2.25. The molecule has 28 heavy (non-hydrogen) atoms. The summed E-state index contributed by atoms with van der Waals surface area (Å²) in [5.74, 6) is -0.766. The summed E-state index contributed by atoms with van der Waals surface area (Å²) >= 11 is 0. The van der Waals surface area contributed by atoms with Gasteiger partial charge in [-0.25, -0.2) is 9.37 Å². The Morgan fingerprint density at radius 1 is 1.39 bits per heavy atom. The number of aliphatic carboxylic acids is 1. The highest BCUT2D eigenvalue weighted by Gasteiger charge is 2.27. The first-order valence-electron chi connectivity index (χ1n) is 9.62. The molecule has 2 unspecified atom stereocenters. The standard InChI is InChI=1S/C21H26FN3O3/c1-3-10-23-20-19(22)18(8-11-24-20)25-12-9-17(13-25)28-16-6-4-15(5-7-16)14(2)21(26)27/h4-8,11,14,17H,3,9-10,12-13H2,1-2H3,(H,23,24)(H,26,27). The van der Waals surface area contributed by atoms with Crippen molar-refractivity contribution in [2.45, 2.75) is 38.7 Å². The van der Waals surface area contributed by atoms with Gasteiger partial charge in [0.1, 0.15) is 11.9 Å². The van der Waals surface area contributed by atoms with Crippen LogP contribution in [0, 0.1) is 5.82 Å². The van der Waals surface area contributed by atoms with Gasteiger partial charge in [0.25, 0.3) is 0 Å². The number of aromatic nitrogens is 1. The minimum absolute atomic E-state index is 0.0534. The Labute approximate surface area is 164 Å². The highest BCUT2D eigenvalue weighted by molar-refractivity contribution is 5.75. The van der Waals surface area contributed by atoms with Crippen molar-refractivity contribution in [1.29, 1.82) is 0 Å². The predicted molar refractivity (Wildman–Crippen MR) is 107 cm³/mol. The summed E-state index contributed by atoms with van der Waals surface area (Å²) in [6, 6.07) is 8.81. The molecule has 2 N–H and O–H groups in total. The molecular weight excluding hydrogens is 361 g/mol. The van der Waals surface area contributed by atoms with Crippen molar-refractivity contribution in [3.8, 4) is 5.75 Å². The van der Waals surface area contributed by atoms with Gasteiger partial charge in [-0.3, -0.25) is 4.79 Å². The second kappa shape index (κ2) is 8.91. The first-order valence-corrected chi connectivity index (χ1v) is 9.62. The molecule has 0 bridgehead atoms. The summed E-state index contributed by atoms with van der Waals surface area (Å²) in [7, 11) is 0. The van der Waals surface area contributed by atoms with Gasteiger partial charge in [-0.2, -0.15) is 0 Å². The van der Waals surface area contributed by atoms with Crippen LogP contribution < -0.4 is 15.0 Å². The molecule has 3 rings (SSSR count). The van der Waals surface area contributed by atoms with Crippen LogP contribution in [-0.2, 0) is 4.79 Å². The van der Waals surface area contributed by atoms with Crippen LogP contribution in [0.1, 0.15) is 38.2 Å². The zero-order valence-electron chi connectivity index (χ0n) is 16.2. The smallest absolute Gasteiger partial charge is 0.310 e. The van der Waals surface area contributed by atoms with E-state index in [1.54, 1.807) is 43.5 Å². The van der Waals surface area contributed by atoms with Gasteiger partial charge >= 0.3 is 5.97 Å². The third-order valence-electron chi connectivity index (χ3n) is 4.95. The van der Waals surface area contributed by atoms with E-state index in [0.29, 0.717) is 31.1 Å². The molecule has 0 spiro atoms. The van der Waals surface area contributed by atoms with E-state index in [-0.39, 0.29) is 17.7 Å². The van der Waals surface area contributed by atoms with Gasteiger partial charge in [-0.05, 0) is 37.1 Å². The molecule has 1 aliphatic heterocycles. The minimum Gasteiger partial charge on any atom is -0.489 e. The van der Waals surface area contributed by atoms with Crippen molar-refractivity contribution in [3.05, 3.63) is 47.9 Å². The number of pyridine rings is 1. The molecule has 1 fully saturated rings. The Hall–Kier alpha value is -2.83. The first kappa shape index (κ1) is 19.9. The van der Waals surface area contributed by atoms with Crippen LogP contribution in [0.2, 0.25) is 0 Å². The molecule has 1 aromatic heterocycles. The van der Waals surface area contributed by atoms with E-state index < -0.39 is 11.9 Å². The summed E-state index contributed by atoms with van der Waals surface area (Å²) < 4.78 is 20.7. The van der Waals surface area contributed by atoms with E-state index in [1.165, 1.54) is 0 Å². The lowest BCUT2D eigenvalue weighted by atomic mass is 10.0. The average Bonchev–Trinajstić information content (AvgIpc) is 3.15. The van der Waals surface area contributed by atoms with Crippen LogP contribution in [0.3, 0.4) is 0 Å². The van der Waals surface area contributed by atoms with Crippen molar-refractivity contribution in [2.75, 3.05) is 29.9 Å². The van der Waals surface area contributed by atoms with E-state index in [1.807, 2.05) is 11.8 Å². The van der Waals surface area contributed by atoms with E-state index in [9.17, 15) is 9.18 Å². The summed E-state index contributed by atoms with van der Waals surface area (Å²) in [6.07, 6.45) is 3.25. The zero-order valence-corrected chi connectivity index (χ0v) is 16.2. The second-order valence-electron chi connectivity index (χ2n) is 7.02. The van der Waals surface area contributed by atoms with Crippen molar-refractivity contribution >= 4 is 17.5 Å². The lowest BCUT2D eigenvalue weighted by Gasteiger charge is -2.21. The number of halogens is 1. The van der Waals surface area contributed by atoms with Crippen LogP contribution in [0.25, 0.3) is 0 Å². The fourth-order valence-corrected chi connectivity index (χ4v) is 3.26. The largest absolute Gasteiger partial charge is 0.489 e. The van der Waals surface area contributed by atoms with E-state index in [4.69, 9.17) is 9.84 Å². The van der Waals surface area contributed by atoms with Gasteiger partial charge in [0, 0.05) is 25.7 Å². The molecule has 6 nitrogen and oxygen atoms in total. The van der Waals surface area contributed by atoms with Crippen molar-refractivity contribution in [1.82, 2.24) is 4.98 Å². The van der Waals surface area contributed by atoms with E-state index in [2.05, 4.69) is 10.3 Å². The molecule has 2 atom stereocenters. The molecule has 0 saturated carbocycles. The highest BCUT2D eigenvalue weighted by atomic mass is 19.1. The average molecular weight is 387 g/mol. The monoisotopic (exact) mass is 387 g/mol. The Morgan fingerprint density at radius 3 is 2.82 bits per heavy atom. The minimum atomic E-state index is -0.854. The molecule has 7 heteroatoms. The van der Waals surface area contributed by atoms with Crippen molar-refractivity contribution in [2.24, 2.45) is 0 Å². The van der Waals surface area contributed by atoms with E-state index >= 15 is 0 Å². The number of nitrogens with one attached hydrogen (secondary N) is 1. The zero-order chi connectivity index (χ0) is 20.1. The van der Waals surface area contributed by atoms with Gasteiger partial charge < -0.3 is 20.1 Å². The summed E-state index contributed by atoms with van der Waals surface area (Å²) in [4.78, 5) is 17.1. The fraction of sp³-hybridized carbons (Fsp3) is 0.429. The maximum Gasteiger partial charge on any atom is 0.310 e. The van der Waals surface area contributed by atoms with E-state index in [0.717, 1.165) is 18.4 Å². The van der Waals surface area contributed by atoms with Crippen LogP contribution in [0.5, 0.6) is 5.75 Å². The van der Waals surface area contributed by atoms with Crippen LogP contribution >= 0.6 is 0 Å². The van der Waals surface area contributed by atoms with Crippen LogP contribution in [-0.4, -0.2) is 41.8 Å². The number of carboxylic acid groups (broad SMARTS) is 1. The molecule has 1 saturated heterocycles. The number of ether oxygens (including phenoxy) is 1. The summed E-state index contributed by atoms with van der Waals surface area (Å²) in [6.45, 7) is 5.63. The maximum atomic E-state index is 14.7. The third-order valence-corrected chi connectivity index (χ3v) is 4.95. The number of carboxylic acids is 1. The molecule has 0 radical (unpaired) electrons. The highest BCUT2D eigenvalue weighted by Crippen LogP contribution is 2.29. The number of carbonyl (C=O) groups is 1. The van der Waals surface area contributed by atoms with Gasteiger partial charge in [-0.15, -0.1) is 0 Å². The maximum absolute atomic E-state index is 14.7. The van der Waals surface area contributed by atoms with Gasteiger partial charge in [0.2, 0.25) is 0 Å². The molecule has 0 amide bonds. The van der Waals surface area contributed by atoms with Gasteiger partial charge in [0.05, 0.1) is 18.2 Å². The Bertz CT molecular complexity index is 813. The number of anilines is 2. The normalized spacial score (nSPS) is 17.4. The number of hydrogen-bond donors (Lipinski definition) is 2. The summed E-state index contributed by atoms with van der Waals surface area (Å²) in [5.41, 5.74) is 1.27. The molecule has 1 aliphatic rings. The van der Waals surface area contributed by atoms with Crippen molar-refractivity contribution in [3.63, 3.8) is 0 Å². The summed E-state index contributed by atoms with van der Waals surface area (Å²) in [5, 5.41) is 12.1. The quantitative estimate of drug-likeness (QED) is 0.716. The Balaban J connectivity index is 1.62. The predicted octanol–water partition coefficient (Wildman–Crippen LogP) is 3.89. The SMILES string of the molecule is CCCNc1nccc(N2CCC(Oc3ccc(C(C)C(=O)O)cc3)C2)c1F. The molecule has 1 aromatic carbocycles. The number of hydrogen-bond acceptors (Lipinski definition) is 5. The Kier molecular flexibility index (Phi) is 6.34. The topological polar surface area (TPSA) is 74.7 Å².